The first-order valence-electron chi connectivity index (χ1n) is 9.08. The summed E-state index contributed by atoms with van der Waals surface area (Å²) in [6.07, 6.45) is 0.857. The third-order valence-electron chi connectivity index (χ3n) is 5.03. The van der Waals surface area contributed by atoms with Gasteiger partial charge >= 0.3 is 0 Å². The number of likely N-dealkylation sites (tertiary alicyclic amines) is 1. The number of rotatable bonds is 6. The summed E-state index contributed by atoms with van der Waals surface area (Å²) in [4.78, 5) is 16.9. The molecule has 2 atom stereocenters. The second-order valence-corrected chi connectivity index (χ2v) is 7.06. The van der Waals surface area contributed by atoms with Gasteiger partial charge in [0.1, 0.15) is 0 Å². The van der Waals surface area contributed by atoms with E-state index in [4.69, 9.17) is 5.73 Å². The largest absolute Gasteiger partial charge is 0.399 e. The third-order valence-corrected chi connectivity index (χ3v) is 5.03. The van der Waals surface area contributed by atoms with E-state index in [1.54, 1.807) is 0 Å². The predicted octanol–water partition coefficient (Wildman–Crippen LogP) is 2.08. The van der Waals surface area contributed by atoms with Gasteiger partial charge in [-0.15, -0.1) is 0 Å². The van der Waals surface area contributed by atoms with Crippen molar-refractivity contribution in [3.63, 3.8) is 0 Å². The second-order valence-electron chi connectivity index (χ2n) is 7.06. The summed E-state index contributed by atoms with van der Waals surface area (Å²) in [5.41, 5.74) is 8.53. The van der Waals surface area contributed by atoms with E-state index in [2.05, 4.69) is 17.0 Å². The number of amides is 1. The van der Waals surface area contributed by atoms with Crippen LogP contribution in [-0.4, -0.2) is 53.6 Å². The number of hydrogen-bond acceptors (Lipinski definition) is 4. The molecule has 0 aromatic heterocycles. The molecule has 0 radical (unpaired) electrons. The van der Waals surface area contributed by atoms with Crippen LogP contribution >= 0.6 is 0 Å². The van der Waals surface area contributed by atoms with Gasteiger partial charge in [-0.1, -0.05) is 42.5 Å². The summed E-state index contributed by atoms with van der Waals surface area (Å²) < 4.78 is 0. The van der Waals surface area contributed by atoms with Crippen molar-refractivity contribution in [2.45, 2.75) is 25.0 Å². The molecule has 1 amide bonds. The number of hydrogen-bond donors (Lipinski definition) is 2. The average molecular weight is 353 g/mol. The Hall–Kier alpha value is -2.37. The van der Waals surface area contributed by atoms with E-state index in [1.165, 1.54) is 0 Å². The first-order valence-corrected chi connectivity index (χ1v) is 9.08. The molecule has 2 unspecified atom stereocenters. The van der Waals surface area contributed by atoms with Crippen LogP contribution in [0.5, 0.6) is 0 Å². The van der Waals surface area contributed by atoms with Crippen LogP contribution in [0.2, 0.25) is 0 Å². The molecule has 26 heavy (non-hydrogen) atoms. The highest BCUT2D eigenvalue weighted by Gasteiger charge is 2.28. The molecular weight excluding hydrogens is 326 g/mol. The number of benzene rings is 2. The van der Waals surface area contributed by atoms with E-state index in [1.807, 2.05) is 54.4 Å². The van der Waals surface area contributed by atoms with Gasteiger partial charge in [-0.05, 0) is 29.7 Å². The third kappa shape index (κ3) is 4.62. The zero-order valence-electron chi connectivity index (χ0n) is 15.2. The SMILES string of the molecule is CN(C(=O)Cc1cccc(N)c1)C(CN1CCC(O)C1)c1ccccc1. The number of likely N-dealkylation sites (N-methyl/N-ethyl adjacent to an activating group) is 1. The maximum absolute atomic E-state index is 12.9. The lowest BCUT2D eigenvalue weighted by molar-refractivity contribution is -0.131. The molecule has 0 bridgehead atoms. The topological polar surface area (TPSA) is 69.8 Å². The number of nitrogens with two attached hydrogens (primary N) is 1. The highest BCUT2D eigenvalue weighted by atomic mass is 16.3. The standard InChI is InChI=1S/C21H27N3O2/c1-23(21(26)13-16-6-5-9-18(22)12-16)20(17-7-3-2-4-8-17)15-24-11-10-19(25)14-24/h2-9,12,19-20,25H,10-11,13-15,22H2,1H3. The maximum Gasteiger partial charge on any atom is 0.227 e. The summed E-state index contributed by atoms with van der Waals surface area (Å²) in [5.74, 6) is 0.0594. The van der Waals surface area contributed by atoms with E-state index in [0.29, 0.717) is 18.7 Å². The molecule has 0 saturated carbocycles. The zero-order valence-corrected chi connectivity index (χ0v) is 15.2. The van der Waals surface area contributed by atoms with E-state index < -0.39 is 0 Å². The molecule has 0 aliphatic carbocycles. The van der Waals surface area contributed by atoms with Crippen molar-refractivity contribution in [3.8, 4) is 0 Å². The highest BCUT2D eigenvalue weighted by Crippen LogP contribution is 2.24. The Morgan fingerprint density at radius 3 is 2.69 bits per heavy atom. The Bertz CT molecular complexity index is 735. The number of aliphatic hydroxyl groups is 1. The molecule has 1 saturated heterocycles. The molecule has 0 spiro atoms. The quantitative estimate of drug-likeness (QED) is 0.780. The van der Waals surface area contributed by atoms with Gasteiger partial charge in [0, 0.05) is 32.4 Å². The molecule has 2 aromatic rings. The number of nitrogens with zero attached hydrogens (tertiary/aromatic N) is 2. The minimum Gasteiger partial charge on any atom is -0.399 e. The minimum absolute atomic E-state index is 0.0462. The average Bonchev–Trinajstić information content (AvgIpc) is 3.05. The van der Waals surface area contributed by atoms with Gasteiger partial charge in [0.25, 0.3) is 0 Å². The lowest BCUT2D eigenvalue weighted by atomic mass is 10.0. The van der Waals surface area contributed by atoms with Crippen molar-refractivity contribution in [2.75, 3.05) is 32.4 Å². The molecule has 1 fully saturated rings. The lowest BCUT2D eigenvalue weighted by Gasteiger charge is -2.32. The van der Waals surface area contributed by atoms with Gasteiger partial charge < -0.3 is 15.7 Å². The lowest BCUT2D eigenvalue weighted by Crippen LogP contribution is -2.39. The van der Waals surface area contributed by atoms with Crippen molar-refractivity contribution in [1.82, 2.24) is 9.80 Å². The fourth-order valence-corrected chi connectivity index (χ4v) is 3.53. The molecule has 5 heteroatoms. The Kier molecular flexibility index (Phi) is 5.91. The van der Waals surface area contributed by atoms with Gasteiger partial charge in [0.2, 0.25) is 5.91 Å². The van der Waals surface area contributed by atoms with Crippen LogP contribution in [-0.2, 0) is 11.2 Å². The predicted molar refractivity (Wildman–Crippen MR) is 104 cm³/mol. The van der Waals surface area contributed by atoms with Crippen LogP contribution in [0.1, 0.15) is 23.6 Å². The number of anilines is 1. The molecule has 5 nitrogen and oxygen atoms in total. The number of aliphatic hydroxyl groups excluding tert-OH is 1. The van der Waals surface area contributed by atoms with E-state index in [0.717, 1.165) is 30.6 Å². The fourth-order valence-electron chi connectivity index (χ4n) is 3.53. The Labute approximate surface area is 155 Å². The molecule has 3 rings (SSSR count). The molecule has 1 aliphatic rings. The van der Waals surface area contributed by atoms with Crippen LogP contribution in [0, 0.1) is 0 Å². The van der Waals surface area contributed by atoms with Crippen LogP contribution < -0.4 is 5.73 Å². The van der Waals surface area contributed by atoms with E-state index >= 15 is 0 Å². The summed E-state index contributed by atoms with van der Waals surface area (Å²) in [6.45, 7) is 2.25. The van der Waals surface area contributed by atoms with Gasteiger partial charge in [-0.25, -0.2) is 0 Å². The van der Waals surface area contributed by atoms with Crippen molar-refractivity contribution in [3.05, 3.63) is 65.7 Å². The Morgan fingerprint density at radius 2 is 2.04 bits per heavy atom. The number of carbonyl (C=O) groups is 1. The molecule has 138 valence electrons. The minimum atomic E-state index is -0.264. The summed E-state index contributed by atoms with van der Waals surface area (Å²) in [5, 5.41) is 9.82. The van der Waals surface area contributed by atoms with Gasteiger partial charge in [0.05, 0.1) is 18.6 Å². The van der Waals surface area contributed by atoms with Crippen LogP contribution in [0.25, 0.3) is 0 Å². The summed E-state index contributed by atoms with van der Waals surface area (Å²) in [6, 6.07) is 17.5. The van der Waals surface area contributed by atoms with Crippen LogP contribution in [0.4, 0.5) is 5.69 Å². The second kappa shape index (κ2) is 8.34. The van der Waals surface area contributed by atoms with Crippen molar-refractivity contribution in [2.24, 2.45) is 0 Å². The Morgan fingerprint density at radius 1 is 1.27 bits per heavy atom. The fraction of sp³-hybridized carbons (Fsp3) is 0.381. The summed E-state index contributed by atoms with van der Waals surface area (Å²) in [7, 11) is 1.86. The van der Waals surface area contributed by atoms with Crippen LogP contribution in [0.15, 0.2) is 54.6 Å². The summed E-state index contributed by atoms with van der Waals surface area (Å²) >= 11 is 0. The molecule has 1 heterocycles. The van der Waals surface area contributed by atoms with Crippen molar-refractivity contribution < 1.29 is 9.90 Å². The van der Waals surface area contributed by atoms with Crippen molar-refractivity contribution >= 4 is 11.6 Å². The van der Waals surface area contributed by atoms with Crippen LogP contribution in [0.3, 0.4) is 0 Å². The first kappa shape index (κ1) is 18.4. The first-order chi connectivity index (χ1) is 12.5. The highest BCUT2D eigenvalue weighted by molar-refractivity contribution is 5.79. The monoisotopic (exact) mass is 353 g/mol. The number of nitrogen functional groups attached to an aromatic ring is 1. The smallest absolute Gasteiger partial charge is 0.227 e. The maximum atomic E-state index is 12.9. The van der Waals surface area contributed by atoms with Gasteiger partial charge in [-0.3, -0.25) is 9.69 Å². The van der Waals surface area contributed by atoms with Gasteiger partial charge in [0.15, 0.2) is 0 Å². The zero-order chi connectivity index (χ0) is 18.5. The Balaban J connectivity index is 1.75. The molecule has 2 aromatic carbocycles. The van der Waals surface area contributed by atoms with E-state index in [-0.39, 0.29) is 18.1 Å². The van der Waals surface area contributed by atoms with Gasteiger partial charge in [-0.2, -0.15) is 0 Å². The van der Waals surface area contributed by atoms with Crippen molar-refractivity contribution in [1.29, 1.82) is 0 Å². The number of β-amino-alcohol motifs (C(OH)–C–C–N with tert-alkyl or cyclic N) is 1. The molecule has 1 aliphatic heterocycles. The normalized spacial score (nSPS) is 18.6. The molecule has 3 N–H and O–H groups in total. The van der Waals surface area contributed by atoms with E-state index in [9.17, 15) is 9.90 Å². The number of carbonyl (C=O) groups excluding carboxylic acids is 1. The molecular formula is C21H27N3O2.